The molecule has 11 atom stereocenters. The van der Waals surface area contributed by atoms with Gasteiger partial charge in [-0.3, -0.25) is 14.4 Å². The number of rotatable bonds is 7. The summed E-state index contributed by atoms with van der Waals surface area (Å²) in [5.41, 5.74) is 0.0286. The minimum atomic E-state index is -0.962. The minimum Gasteiger partial charge on any atom is -0.480 e. The third kappa shape index (κ3) is 4.72. The van der Waals surface area contributed by atoms with Gasteiger partial charge in [-0.25, -0.2) is 0 Å². The van der Waals surface area contributed by atoms with Gasteiger partial charge >= 0.3 is 11.9 Å². The van der Waals surface area contributed by atoms with E-state index < -0.39 is 17.4 Å². The van der Waals surface area contributed by atoms with Gasteiger partial charge in [0.25, 0.3) is 0 Å². The van der Waals surface area contributed by atoms with Gasteiger partial charge in [-0.2, -0.15) is 0 Å². The fraction of sp³-hybridized carbons (Fsp3) is 0.919. The Labute approximate surface area is 261 Å². The minimum absolute atomic E-state index is 0.00163. The van der Waals surface area contributed by atoms with Crippen molar-refractivity contribution in [2.24, 2.45) is 62.6 Å². The molecule has 0 aromatic carbocycles. The van der Waals surface area contributed by atoms with Gasteiger partial charge in [0, 0.05) is 11.8 Å². The van der Waals surface area contributed by atoms with Crippen molar-refractivity contribution < 1.29 is 24.2 Å². The average molecular weight is 600 g/mol. The van der Waals surface area contributed by atoms with Crippen molar-refractivity contribution in [3.8, 4) is 0 Å². The highest BCUT2D eigenvalue weighted by Crippen LogP contribution is 2.77. The summed E-state index contributed by atoms with van der Waals surface area (Å²) in [6.45, 7) is 20.8. The van der Waals surface area contributed by atoms with E-state index in [0.717, 1.165) is 51.4 Å². The largest absolute Gasteiger partial charge is 0.480 e. The van der Waals surface area contributed by atoms with Crippen molar-refractivity contribution in [2.75, 3.05) is 0 Å². The quantitative estimate of drug-likeness (QED) is 0.289. The molecule has 0 spiro atoms. The molecule has 0 saturated heterocycles. The zero-order chi connectivity index (χ0) is 31.8. The Hall–Kier alpha value is -1.59. The number of carboxylic acids is 1. The van der Waals surface area contributed by atoms with Gasteiger partial charge in [-0.15, -0.1) is 0 Å². The number of aliphatic carboxylic acids is 1. The molecule has 2 N–H and O–H groups in total. The molecule has 6 nitrogen and oxygen atoms in total. The van der Waals surface area contributed by atoms with Gasteiger partial charge in [0.05, 0.1) is 5.41 Å². The van der Waals surface area contributed by atoms with Gasteiger partial charge in [-0.1, -0.05) is 55.4 Å². The third-order valence-corrected chi connectivity index (χ3v) is 15.2. The van der Waals surface area contributed by atoms with Crippen molar-refractivity contribution in [3.63, 3.8) is 0 Å². The lowest BCUT2D eigenvalue weighted by atomic mass is 9.32. The summed E-state index contributed by atoms with van der Waals surface area (Å²) < 4.78 is 6.15. The maximum atomic E-state index is 14.1. The summed E-state index contributed by atoms with van der Waals surface area (Å²) in [7, 11) is 0. The van der Waals surface area contributed by atoms with Crippen molar-refractivity contribution in [2.45, 2.75) is 152 Å². The van der Waals surface area contributed by atoms with Crippen LogP contribution in [0.1, 0.15) is 139 Å². The van der Waals surface area contributed by atoms with Crippen LogP contribution in [0.5, 0.6) is 0 Å². The summed E-state index contributed by atoms with van der Waals surface area (Å²) >= 11 is 0. The molecule has 4 unspecified atom stereocenters. The number of amides is 1. The second-order valence-corrected chi connectivity index (χ2v) is 17.4. The second kappa shape index (κ2) is 11.0. The molecule has 0 radical (unpaired) electrons. The van der Waals surface area contributed by atoms with Crippen molar-refractivity contribution in [1.29, 1.82) is 0 Å². The molecule has 5 saturated carbocycles. The number of ether oxygens (including phenoxy) is 1. The SMILES string of the molecule is CCCC(=O)O[C@@H]1CC[C@@]2(C)C(CC[C@]3(C)C2CCC2C4[C@H](C(C)C)CC[C@]4(C(=O)N[C@H](C)C(=O)O)CC[C@]23C)C1(C)C. The lowest BCUT2D eigenvalue weighted by molar-refractivity contribution is -0.250. The first-order valence-corrected chi connectivity index (χ1v) is 17.7. The van der Waals surface area contributed by atoms with Gasteiger partial charge in [0.15, 0.2) is 0 Å². The molecular formula is C37H61NO5. The highest BCUT2D eigenvalue weighted by atomic mass is 16.5. The smallest absolute Gasteiger partial charge is 0.325 e. The maximum Gasteiger partial charge on any atom is 0.325 e. The van der Waals surface area contributed by atoms with Crippen LogP contribution in [0.25, 0.3) is 0 Å². The van der Waals surface area contributed by atoms with Gasteiger partial charge < -0.3 is 15.2 Å². The number of hydrogen-bond donors (Lipinski definition) is 2. The fourth-order valence-corrected chi connectivity index (χ4v) is 12.8. The Balaban J connectivity index is 1.47. The van der Waals surface area contributed by atoms with Crippen LogP contribution >= 0.6 is 0 Å². The predicted octanol–water partition coefficient (Wildman–Crippen LogP) is 8.03. The average Bonchev–Trinajstić information content (AvgIpc) is 3.32. The van der Waals surface area contributed by atoms with Crippen molar-refractivity contribution in [1.82, 2.24) is 5.32 Å². The monoisotopic (exact) mass is 599 g/mol. The number of esters is 1. The summed E-state index contributed by atoms with van der Waals surface area (Å²) in [6.07, 6.45) is 12.0. The molecule has 244 valence electrons. The van der Waals surface area contributed by atoms with E-state index in [0.29, 0.717) is 41.9 Å². The lowest BCUT2D eigenvalue weighted by Gasteiger charge is -2.73. The molecule has 5 rings (SSSR count). The molecule has 5 aliphatic rings. The topological polar surface area (TPSA) is 92.7 Å². The van der Waals surface area contributed by atoms with Crippen LogP contribution in [0.2, 0.25) is 0 Å². The Morgan fingerprint density at radius 2 is 1.53 bits per heavy atom. The molecule has 0 heterocycles. The number of fused-ring (bicyclic) bond motifs is 7. The number of carbonyl (C=O) groups excluding carboxylic acids is 2. The summed E-state index contributed by atoms with van der Waals surface area (Å²) in [5, 5.41) is 12.5. The van der Waals surface area contributed by atoms with Crippen LogP contribution in [0.15, 0.2) is 0 Å². The predicted molar refractivity (Wildman–Crippen MR) is 169 cm³/mol. The fourth-order valence-electron chi connectivity index (χ4n) is 12.8. The van der Waals surface area contributed by atoms with Crippen LogP contribution in [0, 0.1) is 62.6 Å². The molecule has 1 amide bonds. The molecular weight excluding hydrogens is 538 g/mol. The summed E-state index contributed by atoms with van der Waals surface area (Å²) in [6, 6.07) is -0.864. The molecule has 0 bridgehead atoms. The van der Waals surface area contributed by atoms with Gasteiger partial charge in [-0.05, 0) is 129 Å². The Morgan fingerprint density at radius 1 is 0.837 bits per heavy atom. The van der Waals surface area contributed by atoms with E-state index in [1.165, 1.54) is 19.3 Å². The van der Waals surface area contributed by atoms with E-state index in [1.807, 2.05) is 6.92 Å². The zero-order valence-corrected chi connectivity index (χ0v) is 28.7. The van der Waals surface area contributed by atoms with Gasteiger partial charge in [0.1, 0.15) is 12.1 Å². The van der Waals surface area contributed by atoms with Gasteiger partial charge in [0.2, 0.25) is 5.91 Å². The highest BCUT2D eigenvalue weighted by Gasteiger charge is 2.72. The highest BCUT2D eigenvalue weighted by molar-refractivity contribution is 5.88. The van der Waals surface area contributed by atoms with Crippen molar-refractivity contribution in [3.05, 3.63) is 0 Å². The Morgan fingerprint density at radius 3 is 2.16 bits per heavy atom. The Bertz CT molecular complexity index is 1120. The molecule has 0 aromatic rings. The van der Waals surface area contributed by atoms with E-state index in [4.69, 9.17) is 4.74 Å². The van der Waals surface area contributed by atoms with E-state index in [1.54, 1.807) is 6.92 Å². The van der Waals surface area contributed by atoms with Crippen molar-refractivity contribution >= 4 is 17.8 Å². The molecule has 43 heavy (non-hydrogen) atoms. The standard InChI is InChI=1S/C37H61NO5/c1-10-11-29(39)43-28-16-17-34(7)26(33(28,5)6)15-18-36(9)27(34)13-12-25-30-24(22(2)3)14-19-37(30,21-20-35(25,36)8)32(42)38-23(4)31(40)41/h22-28,30H,10-21H2,1-9H3,(H,38,42)(H,40,41)/t23-,24+,25?,26?,27?,28-,30?,34+,35-,36-,37+/m1/s1. The molecule has 0 aromatic heterocycles. The van der Waals surface area contributed by atoms with E-state index in [2.05, 4.69) is 53.8 Å². The van der Waals surface area contributed by atoms with Crippen LogP contribution in [-0.4, -0.2) is 35.1 Å². The Kier molecular flexibility index (Phi) is 8.42. The second-order valence-electron chi connectivity index (χ2n) is 17.4. The number of carbonyl (C=O) groups is 3. The zero-order valence-electron chi connectivity index (χ0n) is 28.7. The van der Waals surface area contributed by atoms with E-state index in [-0.39, 0.29) is 39.6 Å². The molecule has 6 heteroatoms. The summed E-state index contributed by atoms with van der Waals surface area (Å²) in [5.74, 6) is 1.91. The van der Waals surface area contributed by atoms with E-state index >= 15 is 0 Å². The molecule has 5 fully saturated rings. The van der Waals surface area contributed by atoms with E-state index in [9.17, 15) is 19.5 Å². The third-order valence-electron chi connectivity index (χ3n) is 15.2. The number of nitrogens with one attached hydrogen (secondary N) is 1. The summed E-state index contributed by atoms with van der Waals surface area (Å²) in [4.78, 5) is 38.4. The maximum absolute atomic E-state index is 14.1. The number of hydrogen-bond acceptors (Lipinski definition) is 4. The van der Waals surface area contributed by atoms with Crippen LogP contribution < -0.4 is 5.32 Å². The van der Waals surface area contributed by atoms with Crippen LogP contribution in [-0.2, 0) is 19.1 Å². The molecule has 0 aliphatic heterocycles. The van der Waals surface area contributed by atoms with Crippen LogP contribution in [0.3, 0.4) is 0 Å². The first-order valence-electron chi connectivity index (χ1n) is 17.7. The lowest BCUT2D eigenvalue weighted by Crippen LogP contribution is -2.67. The number of carboxylic acid groups (broad SMARTS) is 1. The first-order chi connectivity index (χ1) is 20.0. The first kappa shape index (κ1) is 32.8. The normalized spacial score (nSPS) is 45.6. The van der Waals surface area contributed by atoms with Crippen LogP contribution in [0.4, 0.5) is 0 Å². The molecule has 5 aliphatic carbocycles.